The normalized spacial score (nSPS) is 21.8. The van der Waals surface area contributed by atoms with E-state index in [0.29, 0.717) is 11.1 Å². The first-order valence-corrected chi connectivity index (χ1v) is 16.3. The summed E-state index contributed by atoms with van der Waals surface area (Å²) in [4.78, 5) is 27.7. The molecule has 50 heavy (non-hydrogen) atoms. The van der Waals surface area contributed by atoms with Crippen molar-refractivity contribution in [3.8, 4) is 0 Å². The highest BCUT2D eigenvalue weighted by Gasteiger charge is 2.44. The van der Waals surface area contributed by atoms with Gasteiger partial charge in [0.1, 0.15) is 23.8 Å². The molecule has 0 heterocycles. The fraction of sp³-hybridized carbons (Fsp3) is 0.316. The SMILES string of the molecule is O=C(N[C@H]1c2ccccc2C[C@H]1O)[C@H](OCc1ccccc1F)[C@H](O)[C@@H](O)[C@@H](OCc1ccccc1F)C(=O)N[C@H]1c2ccccc2C[C@H]1O. The molecule has 0 unspecified atom stereocenters. The highest BCUT2D eigenvalue weighted by molar-refractivity contribution is 5.84. The van der Waals surface area contributed by atoms with Crippen molar-refractivity contribution in [2.45, 2.75) is 74.8 Å². The minimum atomic E-state index is -2.16. The highest BCUT2D eigenvalue weighted by atomic mass is 19.1. The van der Waals surface area contributed by atoms with E-state index in [4.69, 9.17) is 9.47 Å². The van der Waals surface area contributed by atoms with Crippen molar-refractivity contribution in [1.29, 1.82) is 0 Å². The van der Waals surface area contributed by atoms with Crippen molar-refractivity contribution in [3.63, 3.8) is 0 Å². The number of ether oxygens (including phenoxy) is 2. The number of fused-ring (bicyclic) bond motifs is 2. The molecule has 0 saturated carbocycles. The fourth-order valence-electron chi connectivity index (χ4n) is 6.57. The van der Waals surface area contributed by atoms with Crippen LogP contribution >= 0.6 is 0 Å². The summed E-state index contributed by atoms with van der Waals surface area (Å²) in [5.74, 6) is -3.19. The molecule has 0 fully saturated rings. The molecule has 0 aliphatic heterocycles. The van der Waals surface area contributed by atoms with Crippen LogP contribution in [0.5, 0.6) is 0 Å². The van der Waals surface area contributed by atoms with Gasteiger partial charge in [0.15, 0.2) is 12.2 Å². The Kier molecular flexibility index (Phi) is 11.0. The molecule has 4 aromatic rings. The van der Waals surface area contributed by atoms with E-state index in [1.807, 2.05) is 12.1 Å². The maximum absolute atomic E-state index is 14.6. The predicted molar refractivity (Wildman–Crippen MR) is 176 cm³/mol. The van der Waals surface area contributed by atoms with Gasteiger partial charge >= 0.3 is 0 Å². The zero-order valence-electron chi connectivity index (χ0n) is 26.9. The lowest BCUT2D eigenvalue weighted by Gasteiger charge is -2.32. The number of aliphatic hydroxyl groups excluding tert-OH is 4. The first-order chi connectivity index (χ1) is 24.1. The Bertz CT molecular complexity index is 1690. The summed E-state index contributed by atoms with van der Waals surface area (Å²) in [6.45, 7) is -1.01. The number of halogens is 2. The maximum Gasteiger partial charge on any atom is 0.252 e. The molecule has 0 saturated heterocycles. The zero-order chi connectivity index (χ0) is 35.4. The van der Waals surface area contributed by atoms with Crippen LogP contribution in [0.1, 0.15) is 45.5 Å². The van der Waals surface area contributed by atoms with Crippen molar-refractivity contribution in [1.82, 2.24) is 10.6 Å². The second-order valence-corrected chi connectivity index (χ2v) is 12.5. The lowest BCUT2D eigenvalue weighted by molar-refractivity contribution is -0.171. The average Bonchev–Trinajstić information content (AvgIpc) is 3.60. The zero-order valence-corrected chi connectivity index (χ0v) is 26.9. The Morgan fingerprint density at radius 3 is 1.38 bits per heavy atom. The van der Waals surface area contributed by atoms with Gasteiger partial charge in [0, 0.05) is 24.0 Å². The summed E-state index contributed by atoms with van der Waals surface area (Å²) in [6, 6.07) is 23.7. The molecule has 0 bridgehead atoms. The van der Waals surface area contributed by atoms with Crippen LogP contribution in [0, 0.1) is 11.6 Å². The van der Waals surface area contributed by atoms with Gasteiger partial charge in [-0.05, 0) is 34.4 Å². The van der Waals surface area contributed by atoms with Crippen LogP contribution in [-0.2, 0) is 45.1 Å². The number of amides is 2. The molecule has 0 spiro atoms. The second kappa shape index (κ2) is 15.5. The van der Waals surface area contributed by atoms with E-state index in [0.717, 1.165) is 11.1 Å². The third kappa shape index (κ3) is 7.60. The molecule has 8 atom stereocenters. The number of nitrogens with one attached hydrogen (secondary N) is 2. The molecular formula is C38H38F2N2O8. The molecule has 6 rings (SSSR count). The number of hydrogen-bond donors (Lipinski definition) is 6. The molecule has 12 heteroatoms. The summed E-state index contributed by atoms with van der Waals surface area (Å²) in [5.41, 5.74) is 3.02. The predicted octanol–water partition coefficient (Wildman–Crippen LogP) is 2.71. The molecule has 2 amide bonds. The van der Waals surface area contributed by atoms with Crippen molar-refractivity contribution in [2.75, 3.05) is 0 Å². The molecule has 6 N–H and O–H groups in total. The van der Waals surface area contributed by atoms with E-state index in [9.17, 15) is 38.8 Å². The van der Waals surface area contributed by atoms with Crippen LogP contribution in [-0.4, -0.2) is 68.9 Å². The van der Waals surface area contributed by atoms with Gasteiger partial charge in [0.05, 0.1) is 37.5 Å². The number of aliphatic hydroxyl groups is 4. The first-order valence-electron chi connectivity index (χ1n) is 16.3. The largest absolute Gasteiger partial charge is 0.390 e. The van der Waals surface area contributed by atoms with Gasteiger partial charge < -0.3 is 40.5 Å². The lowest BCUT2D eigenvalue weighted by atomic mass is 9.99. The average molecular weight is 689 g/mol. The first kappa shape index (κ1) is 35.3. The summed E-state index contributed by atoms with van der Waals surface area (Å²) in [6.07, 6.45) is -9.63. The Hall–Kier alpha value is -4.56. The maximum atomic E-state index is 14.6. The van der Waals surface area contributed by atoms with E-state index in [-0.39, 0.29) is 24.0 Å². The number of carbonyl (C=O) groups excluding carboxylic acids is 2. The van der Waals surface area contributed by atoms with Gasteiger partial charge in [-0.15, -0.1) is 0 Å². The van der Waals surface area contributed by atoms with Crippen LogP contribution in [0.3, 0.4) is 0 Å². The fourth-order valence-corrected chi connectivity index (χ4v) is 6.57. The van der Waals surface area contributed by atoms with E-state index < -0.39 is 85.4 Å². The van der Waals surface area contributed by atoms with Gasteiger partial charge in [-0.3, -0.25) is 9.59 Å². The number of carbonyl (C=O) groups is 2. The monoisotopic (exact) mass is 688 g/mol. The van der Waals surface area contributed by atoms with E-state index in [1.165, 1.54) is 36.4 Å². The second-order valence-electron chi connectivity index (χ2n) is 12.5. The van der Waals surface area contributed by atoms with Crippen molar-refractivity contribution in [2.24, 2.45) is 0 Å². The number of hydrogen-bond acceptors (Lipinski definition) is 8. The molecule has 4 aromatic carbocycles. The molecule has 0 aromatic heterocycles. The van der Waals surface area contributed by atoms with Crippen LogP contribution in [0.4, 0.5) is 8.78 Å². The van der Waals surface area contributed by atoms with Crippen molar-refractivity contribution < 1.29 is 48.3 Å². The highest BCUT2D eigenvalue weighted by Crippen LogP contribution is 2.33. The Labute approximate surface area is 287 Å². The van der Waals surface area contributed by atoms with Crippen molar-refractivity contribution in [3.05, 3.63) is 142 Å². The summed E-state index contributed by atoms with van der Waals surface area (Å²) >= 11 is 0. The summed E-state index contributed by atoms with van der Waals surface area (Å²) < 4.78 is 40.6. The number of benzene rings is 4. The van der Waals surface area contributed by atoms with E-state index in [1.54, 1.807) is 48.5 Å². The molecule has 0 radical (unpaired) electrons. The van der Waals surface area contributed by atoms with Crippen LogP contribution in [0.25, 0.3) is 0 Å². The van der Waals surface area contributed by atoms with Gasteiger partial charge in [-0.25, -0.2) is 8.78 Å². The standard InChI is InChI=1S/C38H38F2N2O8/c39-27-15-7-3-11-23(27)19-49-35(37(47)41-31-25-13-5-1-9-21(25)17-29(31)43)33(45)34(46)36(50-20-24-12-4-8-16-28(24)40)38(48)42-32-26-14-6-2-10-22(26)18-30(32)44/h1-16,29-36,43-46H,17-20H2,(H,41,47)(H,42,48)/t29-,30-,31+,32+,33-,34-,35-,36-/m1/s1. The third-order valence-electron chi connectivity index (χ3n) is 9.24. The minimum absolute atomic E-state index is 0.0530. The lowest BCUT2D eigenvalue weighted by Crippen LogP contribution is -2.57. The minimum Gasteiger partial charge on any atom is -0.390 e. The Balaban J connectivity index is 1.27. The van der Waals surface area contributed by atoms with Gasteiger partial charge in [0.25, 0.3) is 11.8 Å². The van der Waals surface area contributed by atoms with E-state index >= 15 is 0 Å². The Morgan fingerprint density at radius 2 is 0.980 bits per heavy atom. The summed E-state index contributed by atoms with van der Waals surface area (Å²) in [7, 11) is 0. The van der Waals surface area contributed by atoms with Gasteiger partial charge in [0.2, 0.25) is 0 Å². The van der Waals surface area contributed by atoms with Gasteiger partial charge in [-0.1, -0.05) is 84.9 Å². The smallest absolute Gasteiger partial charge is 0.252 e. The quantitative estimate of drug-likeness (QED) is 0.125. The molecule has 262 valence electrons. The Morgan fingerprint density at radius 1 is 0.620 bits per heavy atom. The van der Waals surface area contributed by atoms with Gasteiger partial charge in [-0.2, -0.15) is 0 Å². The molecule has 10 nitrogen and oxygen atoms in total. The number of rotatable bonds is 13. The van der Waals surface area contributed by atoms with Crippen LogP contribution in [0.2, 0.25) is 0 Å². The van der Waals surface area contributed by atoms with Crippen LogP contribution < -0.4 is 10.6 Å². The third-order valence-corrected chi connectivity index (χ3v) is 9.24. The van der Waals surface area contributed by atoms with Crippen LogP contribution in [0.15, 0.2) is 97.1 Å². The molecule has 2 aliphatic rings. The topological polar surface area (TPSA) is 158 Å². The molecule has 2 aliphatic carbocycles. The summed E-state index contributed by atoms with van der Waals surface area (Å²) in [5, 5.41) is 50.1. The molecular weight excluding hydrogens is 650 g/mol. The van der Waals surface area contributed by atoms with E-state index in [2.05, 4.69) is 10.6 Å². The van der Waals surface area contributed by atoms with Crippen molar-refractivity contribution >= 4 is 11.8 Å².